The van der Waals surface area contributed by atoms with E-state index in [9.17, 15) is 20.4 Å². The second-order valence-electron chi connectivity index (χ2n) is 22.8. The Morgan fingerprint density at radius 2 is 0.529 bits per heavy atom. The van der Waals surface area contributed by atoms with Crippen LogP contribution in [-0.4, -0.2) is 20.4 Å². The monoisotopic (exact) mass is 1120 g/mol. The summed E-state index contributed by atoms with van der Waals surface area (Å²) in [6.45, 7) is 0. The third-order valence-corrected chi connectivity index (χ3v) is 18.0. The summed E-state index contributed by atoms with van der Waals surface area (Å²) in [5, 5.41) is 53.0. The third-order valence-electron chi connectivity index (χ3n) is 18.0. The summed E-state index contributed by atoms with van der Waals surface area (Å²) in [5.74, 6) is 14.0. The fourth-order valence-electron chi connectivity index (χ4n) is 13.9. The third kappa shape index (κ3) is 8.07. The van der Waals surface area contributed by atoms with Crippen LogP contribution in [0.25, 0.3) is 66.1 Å². The highest BCUT2D eigenvalue weighted by atomic mass is 16.5. The van der Waals surface area contributed by atoms with Gasteiger partial charge in [-0.25, -0.2) is 0 Å². The topological polar surface area (TPSA) is 90.2 Å². The molecule has 0 saturated heterocycles. The quantitative estimate of drug-likeness (QED) is 0.132. The van der Waals surface area contributed by atoms with Gasteiger partial charge in [0, 0.05) is 55.6 Å². The highest BCUT2D eigenvalue weighted by Crippen LogP contribution is 2.55. The van der Waals surface area contributed by atoms with Crippen LogP contribution in [-0.2, 0) is 22.4 Å². The summed E-state index contributed by atoms with van der Waals surface area (Å²) in [6.07, 6.45) is 0. The predicted octanol–water partition coefficient (Wildman–Crippen LogP) is 16.5. The highest BCUT2D eigenvalue weighted by molar-refractivity contribution is 5.96. The van der Waals surface area contributed by atoms with Gasteiger partial charge in [-0.05, 0) is 144 Å². The largest absolute Gasteiger partial charge is 0.457 e. The molecule has 4 aliphatic rings. The fourth-order valence-corrected chi connectivity index (χ4v) is 13.9. The second-order valence-corrected chi connectivity index (χ2v) is 22.8. The fraction of sp³-hybridized carbons (Fsp3) is 0.0488. The van der Waals surface area contributed by atoms with Gasteiger partial charge in [-0.2, -0.15) is 0 Å². The molecule has 0 amide bonds. The van der Waals surface area contributed by atoms with Gasteiger partial charge < -0.3 is 25.2 Å². The van der Waals surface area contributed by atoms with Gasteiger partial charge in [0.15, 0.2) is 11.2 Å². The van der Waals surface area contributed by atoms with Crippen molar-refractivity contribution < 1.29 is 25.2 Å². The molecule has 0 radical (unpaired) electrons. The molecule has 5 nitrogen and oxygen atoms in total. The van der Waals surface area contributed by atoms with Crippen LogP contribution in [0.5, 0.6) is 11.5 Å². The lowest BCUT2D eigenvalue weighted by atomic mass is 9.83. The summed E-state index contributed by atoms with van der Waals surface area (Å²) >= 11 is 0. The van der Waals surface area contributed by atoms with E-state index < -0.39 is 22.4 Å². The Morgan fingerprint density at radius 1 is 0.241 bits per heavy atom. The van der Waals surface area contributed by atoms with Crippen LogP contribution in [0.2, 0.25) is 0 Å². The number of rotatable bonds is 4. The van der Waals surface area contributed by atoms with E-state index in [-0.39, 0.29) is 0 Å². The van der Waals surface area contributed by atoms with Crippen LogP contribution in [0.1, 0.15) is 66.8 Å². The van der Waals surface area contributed by atoms with E-state index in [1.54, 1.807) is 0 Å². The lowest BCUT2D eigenvalue weighted by molar-refractivity contribution is 0.130. The molecule has 13 aromatic rings. The zero-order chi connectivity index (χ0) is 58.5. The molecule has 4 aliphatic carbocycles. The van der Waals surface area contributed by atoms with E-state index >= 15 is 0 Å². The van der Waals surface area contributed by atoms with E-state index in [0.29, 0.717) is 11.5 Å². The molecular formula is C82H52O5. The Bertz CT molecular complexity index is 4700. The average Bonchev–Trinajstić information content (AvgIpc) is 1.79. The molecule has 17 rings (SSSR count). The van der Waals surface area contributed by atoms with Crippen molar-refractivity contribution in [1.82, 2.24) is 0 Å². The van der Waals surface area contributed by atoms with Crippen LogP contribution in [0.15, 0.2) is 291 Å². The van der Waals surface area contributed by atoms with Gasteiger partial charge in [-0.15, -0.1) is 0 Å². The summed E-state index contributed by atoms with van der Waals surface area (Å²) in [6, 6.07) is 95.9. The van der Waals surface area contributed by atoms with Gasteiger partial charge in [0.25, 0.3) is 0 Å². The highest BCUT2D eigenvalue weighted by Gasteiger charge is 2.46. The van der Waals surface area contributed by atoms with Crippen LogP contribution >= 0.6 is 0 Å². The number of ether oxygens (including phenoxy) is 1. The number of benzene rings is 13. The molecular weight excluding hydrogens is 1060 g/mol. The first-order chi connectivity index (χ1) is 42.6. The minimum absolute atomic E-state index is 0.659. The summed E-state index contributed by atoms with van der Waals surface area (Å²) < 4.78 is 6.31. The van der Waals surface area contributed by atoms with Gasteiger partial charge in [-0.3, -0.25) is 0 Å². The lowest BCUT2D eigenvalue weighted by Crippen LogP contribution is -2.26. The standard InChI is InChI=1S/C46H30O3.C36H22O2/c47-45(41-15-7-5-13-37(41)39-25-29-9-1-3-11-31(29)27-43(39)45)33-17-21-35(22-18-33)49-36-23-19-34(20-24-36)46(48)42-16-8-6-14-38(42)40-26-30-10-2-4-12-32(30)28-44(40)46;37-35(31-16-5-1-12-27(31)28-13-2-6-17-32(28)35)22-20-25-10-9-11-26(24-25)21-23-36(38)33-18-7-3-14-29(33)30-15-4-8-19-34(30)36/h1-28,47-48H;1-19,24,37-38H. The SMILES string of the molecule is OC1(C#Cc2cccc(C#CC3(O)c4ccccc4-c4ccccc43)c2)c2ccccc2-c2ccccc21.OC1(c2ccc(Oc3ccc(C4(O)c5ccccc5-c5cc6ccccc6cc54)cc3)cc2)c2ccccc2-c2cc3ccccc3cc21. The van der Waals surface area contributed by atoms with Gasteiger partial charge in [0.05, 0.1) is 0 Å². The Morgan fingerprint density at radius 3 is 0.874 bits per heavy atom. The summed E-state index contributed by atoms with van der Waals surface area (Å²) in [4.78, 5) is 0. The van der Waals surface area contributed by atoms with Crippen molar-refractivity contribution in [2.75, 3.05) is 0 Å². The van der Waals surface area contributed by atoms with E-state index in [2.05, 4.69) is 84.3 Å². The summed E-state index contributed by atoms with van der Waals surface area (Å²) in [5.41, 5.74) is 12.6. The maximum Gasteiger partial charge on any atom is 0.178 e. The first kappa shape index (κ1) is 51.8. The number of fused-ring (bicyclic) bond motifs is 14. The maximum atomic E-state index is 12.5. The molecule has 0 fully saturated rings. The minimum atomic E-state index is -1.39. The zero-order valence-electron chi connectivity index (χ0n) is 46.9. The first-order valence-electron chi connectivity index (χ1n) is 29.2. The molecule has 2 unspecified atom stereocenters. The van der Waals surface area contributed by atoms with Crippen LogP contribution < -0.4 is 4.74 Å². The van der Waals surface area contributed by atoms with Crippen LogP contribution in [0.4, 0.5) is 0 Å². The number of hydrogen-bond acceptors (Lipinski definition) is 5. The van der Waals surface area contributed by atoms with E-state index in [1.807, 2.05) is 231 Å². The lowest BCUT2D eigenvalue weighted by Gasteiger charge is -2.27. The predicted molar refractivity (Wildman–Crippen MR) is 346 cm³/mol. The van der Waals surface area contributed by atoms with E-state index in [4.69, 9.17) is 4.74 Å². The molecule has 87 heavy (non-hydrogen) atoms. The maximum absolute atomic E-state index is 12.5. The average molecular weight is 1120 g/mol. The molecule has 0 aliphatic heterocycles. The zero-order valence-corrected chi connectivity index (χ0v) is 46.9. The summed E-state index contributed by atoms with van der Waals surface area (Å²) in [7, 11) is 0. The van der Waals surface area contributed by atoms with Crippen molar-refractivity contribution in [3.05, 3.63) is 358 Å². The number of aliphatic hydroxyl groups is 4. The molecule has 13 aromatic carbocycles. The molecule has 0 aromatic heterocycles. The van der Waals surface area contributed by atoms with Crippen LogP contribution in [0, 0.1) is 23.7 Å². The van der Waals surface area contributed by atoms with Crippen molar-refractivity contribution in [3.8, 4) is 79.7 Å². The van der Waals surface area contributed by atoms with Gasteiger partial charge in [0.2, 0.25) is 0 Å². The molecule has 0 spiro atoms. The van der Waals surface area contributed by atoms with E-state index in [0.717, 1.165) is 133 Å². The van der Waals surface area contributed by atoms with Crippen molar-refractivity contribution in [1.29, 1.82) is 0 Å². The smallest absolute Gasteiger partial charge is 0.178 e. The Balaban J connectivity index is 0.000000145. The Labute approximate surface area is 504 Å². The normalized spacial score (nSPS) is 16.8. The second kappa shape index (κ2) is 19.9. The van der Waals surface area contributed by atoms with Crippen molar-refractivity contribution in [2.24, 2.45) is 0 Å². The molecule has 4 N–H and O–H groups in total. The van der Waals surface area contributed by atoms with Gasteiger partial charge >= 0.3 is 0 Å². The molecule has 2 atom stereocenters. The van der Waals surface area contributed by atoms with Gasteiger partial charge in [0.1, 0.15) is 22.7 Å². The molecule has 410 valence electrons. The molecule has 0 saturated carbocycles. The molecule has 0 heterocycles. The molecule has 0 bridgehead atoms. The van der Waals surface area contributed by atoms with Crippen LogP contribution in [0.3, 0.4) is 0 Å². The Kier molecular flexibility index (Phi) is 11.8. The van der Waals surface area contributed by atoms with Crippen molar-refractivity contribution >= 4 is 21.5 Å². The minimum Gasteiger partial charge on any atom is -0.457 e. The number of hydrogen-bond donors (Lipinski definition) is 4. The Hall–Kier alpha value is -10.9. The first-order valence-corrected chi connectivity index (χ1v) is 29.2. The van der Waals surface area contributed by atoms with Gasteiger partial charge in [-0.1, -0.05) is 248 Å². The van der Waals surface area contributed by atoms with E-state index in [1.165, 1.54) is 0 Å². The van der Waals surface area contributed by atoms with Crippen molar-refractivity contribution in [3.63, 3.8) is 0 Å². The molecule has 5 heteroatoms. The van der Waals surface area contributed by atoms with Crippen molar-refractivity contribution in [2.45, 2.75) is 22.4 Å².